The van der Waals surface area contributed by atoms with Crippen LogP contribution in [0.2, 0.25) is 0 Å². The molecule has 33 heavy (non-hydrogen) atoms. The lowest BCUT2D eigenvalue weighted by molar-refractivity contribution is -0.122. The number of phenols is 2. The molecule has 2 aromatic carbocycles. The first-order valence-electron chi connectivity index (χ1n) is 10.5. The Morgan fingerprint density at radius 2 is 1.24 bits per heavy atom. The highest BCUT2D eigenvalue weighted by atomic mass is 16.5. The average Bonchev–Trinajstić information content (AvgIpc) is 2.78. The predicted octanol–water partition coefficient (Wildman–Crippen LogP) is 2.67. The van der Waals surface area contributed by atoms with Crippen LogP contribution in [0.15, 0.2) is 46.6 Å². The Bertz CT molecular complexity index is 927. The van der Waals surface area contributed by atoms with E-state index in [4.69, 9.17) is 9.47 Å². The maximum Gasteiger partial charge on any atom is 0.240 e. The van der Waals surface area contributed by atoms with Gasteiger partial charge in [0, 0.05) is 12.8 Å². The molecule has 2 amide bonds. The van der Waals surface area contributed by atoms with Crippen molar-refractivity contribution < 1.29 is 29.3 Å². The van der Waals surface area contributed by atoms with E-state index >= 15 is 0 Å². The fourth-order valence-electron chi connectivity index (χ4n) is 2.64. The summed E-state index contributed by atoms with van der Waals surface area (Å²) in [6.45, 7) is 4.44. The van der Waals surface area contributed by atoms with Gasteiger partial charge < -0.3 is 19.7 Å². The minimum Gasteiger partial charge on any atom is -0.504 e. The normalized spacial score (nSPS) is 11.0. The molecule has 0 saturated heterocycles. The van der Waals surface area contributed by atoms with Crippen LogP contribution in [0.1, 0.15) is 44.2 Å². The van der Waals surface area contributed by atoms with Crippen molar-refractivity contribution in [3.63, 3.8) is 0 Å². The lowest BCUT2D eigenvalue weighted by atomic mass is 10.2. The van der Waals surface area contributed by atoms with Gasteiger partial charge in [-0.1, -0.05) is 0 Å². The maximum absolute atomic E-state index is 11.9. The molecule has 10 nitrogen and oxygen atoms in total. The highest BCUT2D eigenvalue weighted by Gasteiger charge is 2.06. The number of hydrogen-bond donors (Lipinski definition) is 4. The highest BCUT2D eigenvalue weighted by Crippen LogP contribution is 2.26. The number of nitrogens with zero attached hydrogens (tertiary/aromatic N) is 2. The van der Waals surface area contributed by atoms with Crippen LogP contribution < -0.4 is 20.3 Å². The molecule has 0 fully saturated rings. The van der Waals surface area contributed by atoms with Gasteiger partial charge in [-0.15, -0.1) is 0 Å². The number of hydrogen-bond acceptors (Lipinski definition) is 8. The number of ether oxygens (including phenoxy) is 2. The number of amides is 2. The molecule has 0 aliphatic rings. The topological polar surface area (TPSA) is 142 Å². The van der Waals surface area contributed by atoms with Crippen LogP contribution in [-0.2, 0) is 9.59 Å². The molecule has 0 aliphatic carbocycles. The summed E-state index contributed by atoms with van der Waals surface area (Å²) < 4.78 is 10.6. The van der Waals surface area contributed by atoms with Crippen molar-refractivity contribution in [2.24, 2.45) is 10.2 Å². The second-order valence-corrected chi connectivity index (χ2v) is 6.76. The lowest BCUT2D eigenvalue weighted by Gasteiger charge is -2.06. The largest absolute Gasteiger partial charge is 0.504 e. The van der Waals surface area contributed by atoms with Crippen LogP contribution in [0.5, 0.6) is 23.0 Å². The fraction of sp³-hybridized carbons (Fsp3) is 0.304. The van der Waals surface area contributed by atoms with Crippen LogP contribution in [-0.4, -0.2) is 47.7 Å². The molecule has 0 saturated carbocycles. The number of benzene rings is 2. The molecule has 10 heteroatoms. The SMILES string of the molecule is CCOc1cc(/C=N\NC(=O)CCCC(=O)N/N=C\c2ccc(O)c(OCC)c2)ccc1O. The third kappa shape index (κ3) is 8.90. The van der Waals surface area contributed by atoms with E-state index in [0.29, 0.717) is 42.3 Å². The summed E-state index contributed by atoms with van der Waals surface area (Å²) in [5.74, 6) is 0.0546. The number of phenolic OH excluding ortho intramolecular Hbond substituents is 2. The molecular weight excluding hydrogens is 428 g/mol. The second-order valence-electron chi connectivity index (χ2n) is 6.76. The van der Waals surface area contributed by atoms with Gasteiger partial charge in [0.25, 0.3) is 0 Å². The van der Waals surface area contributed by atoms with E-state index in [1.807, 2.05) is 0 Å². The van der Waals surface area contributed by atoms with Crippen LogP contribution in [0.25, 0.3) is 0 Å². The average molecular weight is 456 g/mol. The van der Waals surface area contributed by atoms with Crippen molar-refractivity contribution in [1.82, 2.24) is 10.9 Å². The Morgan fingerprint density at radius 1 is 0.818 bits per heavy atom. The fourth-order valence-corrected chi connectivity index (χ4v) is 2.64. The monoisotopic (exact) mass is 456 g/mol. The van der Waals surface area contributed by atoms with Gasteiger partial charge in [0.1, 0.15) is 0 Å². The smallest absolute Gasteiger partial charge is 0.240 e. The summed E-state index contributed by atoms with van der Waals surface area (Å²) >= 11 is 0. The van der Waals surface area contributed by atoms with Gasteiger partial charge in [0.2, 0.25) is 11.8 Å². The van der Waals surface area contributed by atoms with E-state index in [1.165, 1.54) is 24.6 Å². The predicted molar refractivity (Wildman–Crippen MR) is 124 cm³/mol. The molecule has 4 N–H and O–H groups in total. The molecule has 2 aromatic rings. The maximum atomic E-state index is 11.9. The summed E-state index contributed by atoms with van der Waals surface area (Å²) in [4.78, 5) is 23.7. The Morgan fingerprint density at radius 3 is 1.64 bits per heavy atom. The van der Waals surface area contributed by atoms with Gasteiger partial charge in [0.05, 0.1) is 25.6 Å². The van der Waals surface area contributed by atoms with Crippen molar-refractivity contribution in [2.75, 3.05) is 13.2 Å². The standard InChI is InChI=1S/C23H28N4O6/c1-3-32-20-12-16(8-10-18(20)28)14-24-26-22(30)6-5-7-23(31)27-25-15-17-9-11-19(29)21(13-17)33-4-2/h8-15,28-29H,3-7H2,1-2H3,(H,26,30)(H,27,31)/b24-14-,25-15-. The lowest BCUT2D eigenvalue weighted by Crippen LogP contribution is -2.20. The molecule has 2 rings (SSSR count). The zero-order valence-electron chi connectivity index (χ0n) is 18.6. The van der Waals surface area contributed by atoms with E-state index in [9.17, 15) is 19.8 Å². The molecule has 0 atom stereocenters. The first kappa shape index (κ1) is 25.2. The van der Waals surface area contributed by atoms with Crippen LogP contribution in [0.4, 0.5) is 0 Å². The molecule has 0 bridgehead atoms. The number of carbonyl (C=O) groups is 2. The minimum atomic E-state index is -0.334. The van der Waals surface area contributed by atoms with E-state index in [0.717, 1.165) is 0 Å². The Hall–Kier alpha value is -4.08. The molecule has 0 unspecified atom stereocenters. The highest BCUT2D eigenvalue weighted by molar-refractivity contribution is 5.84. The number of carbonyl (C=O) groups excluding carboxylic acids is 2. The third-order valence-electron chi connectivity index (χ3n) is 4.18. The van der Waals surface area contributed by atoms with Gasteiger partial charge in [-0.25, -0.2) is 10.9 Å². The molecule has 0 aliphatic heterocycles. The van der Waals surface area contributed by atoms with Gasteiger partial charge in [-0.05, 0) is 67.8 Å². The first-order chi connectivity index (χ1) is 15.9. The van der Waals surface area contributed by atoms with Crippen molar-refractivity contribution in [1.29, 1.82) is 0 Å². The minimum absolute atomic E-state index is 0.0268. The van der Waals surface area contributed by atoms with Gasteiger partial charge in [-0.3, -0.25) is 9.59 Å². The molecule has 0 aromatic heterocycles. The van der Waals surface area contributed by atoms with Crippen LogP contribution in [0, 0.1) is 0 Å². The summed E-state index contributed by atoms with van der Waals surface area (Å²) in [7, 11) is 0. The third-order valence-corrected chi connectivity index (χ3v) is 4.18. The zero-order valence-corrected chi connectivity index (χ0v) is 18.6. The van der Waals surface area contributed by atoms with E-state index in [2.05, 4.69) is 21.1 Å². The zero-order chi connectivity index (χ0) is 24.1. The molecule has 176 valence electrons. The Labute approximate surface area is 191 Å². The summed E-state index contributed by atoms with van der Waals surface area (Å²) in [5, 5.41) is 27.1. The van der Waals surface area contributed by atoms with E-state index in [-0.39, 0.29) is 36.2 Å². The Balaban J connectivity index is 1.70. The van der Waals surface area contributed by atoms with Gasteiger partial charge in [0.15, 0.2) is 23.0 Å². The molecular formula is C23H28N4O6. The van der Waals surface area contributed by atoms with Crippen molar-refractivity contribution in [3.8, 4) is 23.0 Å². The number of hydrazone groups is 2. The van der Waals surface area contributed by atoms with Crippen molar-refractivity contribution in [2.45, 2.75) is 33.1 Å². The summed E-state index contributed by atoms with van der Waals surface area (Å²) in [6.07, 6.45) is 3.42. The van der Waals surface area contributed by atoms with Gasteiger partial charge in [-0.2, -0.15) is 10.2 Å². The number of aromatic hydroxyl groups is 2. The van der Waals surface area contributed by atoms with E-state index < -0.39 is 0 Å². The quantitative estimate of drug-likeness (QED) is 0.286. The van der Waals surface area contributed by atoms with E-state index in [1.54, 1.807) is 38.1 Å². The van der Waals surface area contributed by atoms with Crippen molar-refractivity contribution in [3.05, 3.63) is 47.5 Å². The number of nitrogens with one attached hydrogen (secondary N) is 2. The van der Waals surface area contributed by atoms with Gasteiger partial charge >= 0.3 is 0 Å². The number of rotatable bonds is 12. The summed E-state index contributed by atoms with van der Waals surface area (Å²) in [5.41, 5.74) is 6.08. The van der Waals surface area contributed by atoms with Crippen LogP contribution >= 0.6 is 0 Å². The second kappa shape index (κ2) is 13.4. The first-order valence-corrected chi connectivity index (χ1v) is 10.5. The Kier molecular flexibility index (Phi) is 10.2. The van der Waals surface area contributed by atoms with Crippen LogP contribution in [0.3, 0.4) is 0 Å². The summed E-state index contributed by atoms with van der Waals surface area (Å²) in [6, 6.07) is 9.44. The molecule has 0 spiro atoms. The van der Waals surface area contributed by atoms with Crippen molar-refractivity contribution >= 4 is 24.2 Å². The molecule has 0 heterocycles. The molecule has 0 radical (unpaired) electrons.